The summed E-state index contributed by atoms with van der Waals surface area (Å²) < 4.78 is 5.40. The predicted octanol–water partition coefficient (Wildman–Crippen LogP) is 3.23. The molecule has 0 aliphatic rings. The molecule has 0 radical (unpaired) electrons. The van der Waals surface area contributed by atoms with Crippen molar-refractivity contribution in [3.8, 4) is 5.75 Å². The Kier molecular flexibility index (Phi) is 5.06. The minimum Gasteiger partial charge on any atom is -0.496 e. The van der Waals surface area contributed by atoms with Crippen LogP contribution in [-0.2, 0) is 0 Å². The first-order chi connectivity index (χ1) is 7.72. The van der Waals surface area contributed by atoms with E-state index in [0.717, 1.165) is 24.3 Å². The monoisotopic (exact) mass is 219 g/mol. The molecular formula is C14H21NO. The second-order valence-corrected chi connectivity index (χ2v) is 3.91. The summed E-state index contributed by atoms with van der Waals surface area (Å²) in [4.78, 5) is 0. The largest absolute Gasteiger partial charge is 0.496 e. The van der Waals surface area contributed by atoms with E-state index >= 15 is 0 Å². The lowest BCUT2D eigenvalue weighted by atomic mass is 10.0. The molecule has 1 N–H and O–H groups in total. The summed E-state index contributed by atoms with van der Waals surface area (Å²) in [7, 11) is 1.71. The highest BCUT2D eigenvalue weighted by molar-refractivity contribution is 5.40. The summed E-state index contributed by atoms with van der Waals surface area (Å²) in [5.41, 5.74) is 2.36. The van der Waals surface area contributed by atoms with Gasteiger partial charge in [-0.25, -0.2) is 0 Å². The van der Waals surface area contributed by atoms with Crippen LogP contribution in [-0.4, -0.2) is 13.7 Å². The molecule has 1 rings (SSSR count). The van der Waals surface area contributed by atoms with Gasteiger partial charge in [0.05, 0.1) is 13.2 Å². The topological polar surface area (TPSA) is 21.3 Å². The molecule has 2 heteroatoms. The summed E-state index contributed by atoms with van der Waals surface area (Å²) >= 11 is 0. The quantitative estimate of drug-likeness (QED) is 0.742. The summed E-state index contributed by atoms with van der Waals surface area (Å²) in [6, 6.07) is 6.42. The highest BCUT2D eigenvalue weighted by Crippen LogP contribution is 2.26. The van der Waals surface area contributed by atoms with Crippen molar-refractivity contribution < 1.29 is 4.74 Å². The molecular weight excluding hydrogens is 198 g/mol. The zero-order chi connectivity index (χ0) is 12.0. The molecule has 16 heavy (non-hydrogen) atoms. The highest BCUT2D eigenvalue weighted by atomic mass is 16.5. The lowest BCUT2D eigenvalue weighted by Crippen LogP contribution is -2.20. The third kappa shape index (κ3) is 3.11. The average Bonchev–Trinajstić information content (AvgIpc) is 2.31. The van der Waals surface area contributed by atoms with Crippen molar-refractivity contribution in [1.29, 1.82) is 0 Å². The zero-order valence-corrected chi connectivity index (χ0v) is 10.4. The van der Waals surface area contributed by atoms with Gasteiger partial charge in [-0.3, -0.25) is 0 Å². The van der Waals surface area contributed by atoms with E-state index in [1.807, 2.05) is 6.08 Å². The van der Waals surface area contributed by atoms with Gasteiger partial charge in [0, 0.05) is 5.56 Å². The number of rotatable bonds is 6. The van der Waals surface area contributed by atoms with Crippen molar-refractivity contribution in [2.75, 3.05) is 13.7 Å². The molecule has 0 aliphatic heterocycles. The Morgan fingerprint density at radius 3 is 2.81 bits per heavy atom. The zero-order valence-electron chi connectivity index (χ0n) is 10.4. The number of hydrogen-bond donors (Lipinski definition) is 1. The van der Waals surface area contributed by atoms with Gasteiger partial charge in [-0.1, -0.05) is 25.1 Å². The molecule has 0 heterocycles. The molecule has 2 nitrogen and oxygen atoms in total. The van der Waals surface area contributed by atoms with Crippen molar-refractivity contribution in [1.82, 2.24) is 5.32 Å². The van der Waals surface area contributed by atoms with Gasteiger partial charge in [-0.15, -0.1) is 6.58 Å². The van der Waals surface area contributed by atoms with Gasteiger partial charge in [0.2, 0.25) is 0 Å². The molecule has 1 aromatic rings. The summed E-state index contributed by atoms with van der Waals surface area (Å²) in [5.74, 6) is 0.925. The minimum absolute atomic E-state index is 0.163. The van der Waals surface area contributed by atoms with Gasteiger partial charge in [0.15, 0.2) is 0 Å². The van der Waals surface area contributed by atoms with E-state index < -0.39 is 0 Å². The summed E-state index contributed by atoms with van der Waals surface area (Å²) in [5, 5.41) is 3.43. The number of hydrogen-bond acceptors (Lipinski definition) is 2. The molecule has 0 aliphatic carbocycles. The third-order valence-corrected chi connectivity index (χ3v) is 2.57. The summed E-state index contributed by atoms with van der Waals surface area (Å²) in [6.45, 7) is 9.07. The van der Waals surface area contributed by atoms with Crippen LogP contribution in [0.1, 0.15) is 30.5 Å². The Labute approximate surface area is 98.3 Å². The average molecular weight is 219 g/mol. The van der Waals surface area contributed by atoms with Crippen molar-refractivity contribution >= 4 is 0 Å². The lowest BCUT2D eigenvalue weighted by Gasteiger charge is -2.18. The van der Waals surface area contributed by atoms with Gasteiger partial charge < -0.3 is 10.1 Å². The number of benzene rings is 1. The minimum atomic E-state index is 0.163. The fourth-order valence-corrected chi connectivity index (χ4v) is 1.70. The standard InChI is InChI=1S/C14H21NO/c1-5-9-15-13(6-2)12-8-7-11(3)10-14(12)16-4/h6-8,10,13,15H,2,5,9H2,1,3-4H3. The first-order valence-electron chi connectivity index (χ1n) is 5.73. The first-order valence-corrected chi connectivity index (χ1v) is 5.73. The molecule has 0 bridgehead atoms. The van der Waals surface area contributed by atoms with Crippen LogP contribution in [0.5, 0.6) is 5.75 Å². The van der Waals surface area contributed by atoms with Crippen LogP contribution in [0.2, 0.25) is 0 Å². The number of methoxy groups -OCH3 is 1. The highest BCUT2D eigenvalue weighted by Gasteiger charge is 2.11. The maximum Gasteiger partial charge on any atom is 0.124 e. The smallest absolute Gasteiger partial charge is 0.124 e. The van der Waals surface area contributed by atoms with Crippen molar-refractivity contribution in [3.63, 3.8) is 0 Å². The molecule has 1 atom stereocenters. The van der Waals surface area contributed by atoms with Crippen LogP contribution in [0, 0.1) is 6.92 Å². The predicted molar refractivity (Wildman–Crippen MR) is 69.0 cm³/mol. The fraction of sp³-hybridized carbons (Fsp3) is 0.429. The third-order valence-electron chi connectivity index (χ3n) is 2.57. The SMILES string of the molecule is C=CC(NCCC)c1ccc(C)cc1OC. The van der Waals surface area contributed by atoms with Crippen molar-refractivity contribution in [2.45, 2.75) is 26.3 Å². The molecule has 0 amide bonds. The molecule has 0 spiro atoms. The summed E-state index contributed by atoms with van der Waals surface area (Å²) in [6.07, 6.45) is 3.03. The van der Waals surface area contributed by atoms with Crippen LogP contribution in [0.15, 0.2) is 30.9 Å². The molecule has 1 unspecified atom stereocenters. The van der Waals surface area contributed by atoms with Crippen LogP contribution in [0.25, 0.3) is 0 Å². The number of nitrogens with one attached hydrogen (secondary N) is 1. The van der Waals surface area contributed by atoms with Crippen molar-refractivity contribution in [3.05, 3.63) is 42.0 Å². The normalized spacial score (nSPS) is 12.2. The van der Waals surface area contributed by atoms with Crippen LogP contribution >= 0.6 is 0 Å². The van der Waals surface area contributed by atoms with Crippen molar-refractivity contribution in [2.24, 2.45) is 0 Å². The van der Waals surface area contributed by atoms with E-state index in [9.17, 15) is 0 Å². The van der Waals surface area contributed by atoms with E-state index in [1.165, 1.54) is 5.56 Å². The second-order valence-electron chi connectivity index (χ2n) is 3.91. The Bertz CT molecular complexity index is 347. The molecule has 0 aromatic heterocycles. The van der Waals surface area contributed by atoms with Crippen LogP contribution in [0.4, 0.5) is 0 Å². The van der Waals surface area contributed by atoms with E-state index in [1.54, 1.807) is 7.11 Å². The lowest BCUT2D eigenvalue weighted by molar-refractivity contribution is 0.404. The van der Waals surface area contributed by atoms with Gasteiger partial charge in [0.25, 0.3) is 0 Å². The van der Waals surface area contributed by atoms with Gasteiger partial charge >= 0.3 is 0 Å². The fourth-order valence-electron chi connectivity index (χ4n) is 1.70. The van der Waals surface area contributed by atoms with Gasteiger partial charge in [0.1, 0.15) is 5.75 Å². The van der Waals surface area contributed by atoms with E-state index in [0.29, 0.717) is 0 Å². The van der Waals surface area contributed by atoms with Gasteiger partial charge in [-0.05, 0) is 31.5 Å². The van der Waals surface area contributed by atoms with Crippen LogP contribution < -0.4 is 10.1 Å². The van der Waals surface area contributed by atoms with E-state index in [2.05, 4.69) is 43.9 Å². The molecule has 1 aromatic carbocycles. The Balaban J connectivity index is 2.94. The first kappa shape index (κ1) is 12.8. The Morgan fingerprint density at radius 1 is 1.50 bits per heavy atom. The number of ether oxygens (including phenoxy) is 1. The molecule has 88 valence electrons. The Hall–Kier alpha value is -1.28. The maximum absolute atomic E-state index is 5.40. The van der Waals surface area contributed by atoms with Gasteiger partial charge in [-0.2, -0.15) is 0 Å². The van der Waals surface area contributed by atoms with E-state index in [-0.39, 0.29) is 6.04 Å². The molecule has 0 fully saturated rings. The molecule has 0 saturated heterocycles. The van der Waals surface area contributed by atoms with Crippen LogP contribution in [0.3, 0.4) is 0 Å². The molecule has 0 saturated carbocycles. The number of aryl methyl sites for hydroxylation is 1. The van der Waals surface area contributed by atoms with E-state index in [4.69, 9.17) is 4.74 Å². The maximum atomic E-state index is 5.40. The Morgan fingerprint density at radius 2 is 2.25 bits per heavy atom. The second kappa shape index (κ2) is 6.33.